The molecule has 0 bridgehead atoms. The standard InChI is InChI=1S/C29H38N2O5Si/c1-28(2,3)36-26(32)24(25-30-19-20-31(25)27(33)34)18-13-21-35-37(29(4,5)6,22-14-9-7-10-15-22)23-16-11-8-12-17-23/h7-12,14-17,19-20,24H,13,18,21H2,1-6H3,(H,33,34)/i18D2. The Morgan fingerprint density at radius 3 is 2.00 bits per heavy atom. The summed E-state index contributed by atoms with van der Waals surface area (Å²) in [6, 6.07) is 20.0. The second-order valence-corrected chi connectivity index (χ2v) is 15.2. The molecule has 8 heteroatoms. The Bertz CT molecular complexity index is 1230. The number of aromatic nitrogens is 2. The molecule has 37 heavy (non-hydrogen) atoms. The van der Waals surface area contributed by atoms with Crippen molar-refractivity contribution in [2.75, 3.05) is 6.61 Å². The van der Waals surface area contributed by atoms with Crippen molar-refractivity contribution in [3.63, 3.8) is 0 Å². The summed E-state index contributed by atoms with van der Waals surface area (Å²) < 4.78 is 31.0. The van der Waals surface area contributed by atoms with Gasteiger partial charge in [-0.05, 0) is 49.0 Å². The molecule has 0 saturated carbocycles. The summed E-state index contributed by atoms with van der Waals surface area (Å²) in [7, 11) is -2.94. The number of carbonyl (C=O) groups is 2. The van der Waals surface area contributed by atoms with Crippen molar-refractivity contribution in [3.05, 3.63) is 78.9 Å². The zero-order valence-corrected chi connectivity index (χ0v) is 23.4. The van der Waals surface area contributed by atoms with Crippen LogP contribution in [-0.2, 0) is 14.0 Å². The maximum absolute atomic E-state index is 13.3. The SMILES string of the molecule is [2H]C([2H])(CCO[Si](c1ccccc1)(c1ccccc1)C(C)(C)C)C(C(=O)OC(C)(C)C)c1nccn1C(=O)O. The minimum atomic E-state index is -2.94. The second-order valence-electron chi connectivity index (χ2n) is 10.9. The van der Waals surface area contributed by atoms with E-state index in [1.54, 1.807) is 20.8 Å². The average Bonchev–Trinajstić information content (AvgIpc) is 3.30. The molecular weight excluding hydrogens is 484 g/mol. The third-order valence-corrected chi connectivity index (χ3v) is 11.0. The first-order valence-electron chi connectivity index (χ1n) is 13.3. The Morgan fingerprint density at radius 2 is 1.54 bits per heavy atom. The summed E-state index contributed by atoms with van der Waals surface area (Å²) >= 11 is 0. The molecule has 0 aliphatic rings. The van der Waals surface area contributed by atoms with Gasteiger partial charge in [-0.25, -0.2) is 14.3 Å². The summed E-state index contributed by atoms with van der Waals surface area (Å²) in [5.74, 6) is -2.69. The van der Waals surface area contributed by atoms with Gasteiger partial charge in [0.1, 0.15) is 17.3 Å². The van der Waals surface area contributed by atoms with Crippen molar-refractivity contribution in [3.8, 4) is 0 Å². The molecule has 1 unspecified atom stereocenters. The highest BCUT2D eigenvalue weighted by Crippen LogP contribution is 2.37. The van der Waals surface area contributed by atoms with Crippen molar-refractivity contribution in [1.29, 1.82) is 0 Å². The number of hydrogen-bond acceptors (Lipinski definition) is 5. The molecule has 1 N–H and O–H groups in total. The third kappa shape index (κ3) is 6.56. The van der Waals surface area contributed by atoms with Gasteiger partial charge in [-0.3, -0.25) is 4.79 Å². The van der Waals surface area contributed by atoms with Gasteiger partial charge >= 0.3 is 12.1 Å². The van der Waals surface area contributed by atoms with Gasteiger partial charge in [-0.1, -0.05) is 81.4 Å². The lowest BCUT2D eigenvalue weighted by Gasteiger charge is -2.43. The van der Waals surface area contributed by atoms with Crippen LogP contribution in [0.2, 0.25) is 5.04 Å². The summed E-state index contributed by atoms with van der Waals surface area (Å²) in [6.07, 6.45) is -1.37. The number of carboxylic acid groups (broad SMARTS) is 1. The van der Waals surface area contributed by atoms with Crippen molar-refractivity contribution in [1.82, 2.24) is 9.55 Å². The van der Waals surface area contributed by atoms with Crippen LogP contribution < -0.4 is 10.4 Å². The van der Waals surface area contributed by atoms with Crippen LogP contribution in [0, 0.1) is 0 Å². The molecule has 0 aliphatic heterocycles. The van der Waals surface area contributed by atoms with Gasteiger partial charge in [-0.2, -0.15) is 0 Å². The van der Waals surface area contributed by atoms with Gasteiger partial charge in [-0.15, -0.1) is 0 Å². The van der Waals surface area contributed by atoms with Crippen LogP contribution in [0.4, 0.5) is 4.79 Å². The molecule has 3 rings (SSSR count). The number of esters is 1. The van der Waals surface area contributed by atoms with Crippen LogP contribution in [0.1, 0.15) is 68.8 Å². The minimum absolute atomic E-state index is 0.00659. The van der Waals surface area contributed by atoms with Gasteiger partial charge < -0.3 is 14.3 Å². The lowest BCUT2D eigenvalue weighted by atomic mass is 10.0. The highest BCUT2D eigenvalue weighted by molar-refractivity contribution is 6.99. The van der Waals surface area contributed by atoms with Gasteiger partial charge in [0.15, 0.2) is 0 Å². The quantitative estimate of drug-likeness (QED) is 0.306. The first-order valence-corrected chi connectivity index (χ1v) is 14.3. The van der Waals surface area contributed by atoms with Crippen LogP contribution in [0.3, 0.4) is 0 Å². The fraction of sp³-hybridized carbons (Fsp3) is 0.414. The number of rotatable bonds is 9. The van der Waals surface area contributed by atoms with Gasteiger partial charge in [0.05, 0.1) is 0 Å². The molecule has 0 fully saturated rings. The molecule has 2 aromatic carbocycles. The molecule has 0 radical (unpaired) electrons. The Morgan fingerprint density at radius 1 is 1.00 bits per heavy atom. The average molecular weight is 525 g/mol. The maximum atomic E-state index is 13.3. The van der Waals surface area contributed by atoms with Gasteiger partial charge in [0, 0.05) is 21.7 Å². The van der Waals surface area contributed by atoms with E-state index in [-0.39, 0.29) is 23.9 Å². The smallest absolute Gasteiger partial charge is 0.417 e. The fourth-order valence-corrected chi connectivity index (χ4v) is 9.06. The molecule has 1 heterocycles. The number of ether oxygens (including phenoxy) is 1. The number of imidazole rings is 1. The Kier molecular flexibility index (Phi) is 7.86. The van der Waals surface area contributed by atoms with Crippen molar-refractivity contribution < 1.29 is 26.6 Å². The number of benzene rings is 2. The number of nitrogens with zero attached hydrogens (tertiary/aromatic N) is 2. The lowest BCUT2D eigenvalue weighted by Crippen LogP contribution is -2.66. The highest BCUT2D eigenvalue weighted by Gasteiger charge is 2.50. The van der Waals surface area contributed by atoms with Gasteiger partial charge in [0.25, 0.3) is 8.32 Å². The zero-order chi connectivity index (χ0) is 29.1. The molecule has 3 aromatic rings. The molecule has 0 spiro atoms. The highest BCUT2D eigenvalue weighted by atomic mass is 28.4. The molecule has 0 amide bonds. The van der Waals surface area contributed by atoms with E-state index in [1.807, 2.05) is 60.7 Å². The lowest BCUT2D eigenvalue weighted by molar-refractivity contribution is -0.157. The fourth-order valence-electron chi connectivity index (χ4n) is 4.50. The number of carbonyl (C=O) groups excluding carboxylic acids is 1. The first-order chi connectivity index (χ1) is 18.1. The van der Waals surface area contributed by atoms with Crippen LogP contribution in [0.5, 0.6) is 0 Å². The van der Waals surface area contributed by atoms with E-state index in [9.17, 15) is 14.7 Å². The monoisotopic (exact) mass is 524 g/mol. The Balaban J connectivity index is 2.02. The summed E-state index contributed by atoms with van der Waals surface area (Å²) in [4.78, 5) is 29.2. The van der Waals surface area contributed by atoms with Crippen molar-refractivity contribution >= 4 is 30.8 Å². The van der Waals surface area contributed by atoms with Crippen molar-refractivity contribution in [2.45, 2.75) is 70.9 Å². The normalized spacial score (nSPS) is 14.4. The maximum Gasteiger partial charge on any atom is 0.417 e. The van der Waals surface area contributed by atoms with E-state index in [0.717, 1.165) is 14.9 Å². The van der Waals surface area contributed by atoms with E-state index in [0.29, 0.717) is 0 Å². The van der Waals surface area contributed by atoms with E-state index in [2.05, 4.69) is 25.8 Å². The molecule has 198 valence electrons. The van der Waals surface area contributed by atoms with Gasteiger partial charge in [0.2, 0.25) is 0 Å². The molecule has 1 atom stereocenters. The molecule has 7 nitrogen and oxygen atoms in total. The van der Waals surface area contributed by atoms with Crippen molar-refractivity contribution in [2.24, 2.45) is 0 Å². The molecule has 0 aliphatic carbocycles. The zero-order valence-electron chi connectivity index (χ0n) is 24.4. The molecular formula is C29H38N2O5Si. The van der Waals surface area contributed by atoms with E-state index in [4.69, 9.17) is 11.9 Å². The van der Waals surface area contributed by atoms with E-state index in [1.165, 1.54) is 12.4 Å². The summed E-state index contributed by atoms with van der Waals surface area (Å²) in [5, 5.41) is 11.4. The third-order valence-electron chi connectivity index (χ3n) is 5.96. The first kappa shape index (κ1) is 25.4. The predicted molar refractivity (Wildman–Crippen MR) is 147 cm³/mol. The van der Waals surface area contributed by atoms with Crippen LogP contribution >= 0.6 is 0 Å². The topological polar surface area (TPSA) is 90.7 Å². The Labute approximate surface area is 223 Å². The second kappa shape index (κ2) is 11.4. The minimum Gasteiger partial charge on any atom is -0.464 e. The van der Waals surface area contributed by atoms with E-state index < -0.39 is 38.3 Å². The predicted octanol–water partition coefficient (Wildman–Crippen LogP) is 5.19. The Hall–Kier alpha value is -3.23. The van der Waals surface area contributed by atoms with E-state index >= 15 is 0 Å². The number of hydrogen-bond donors (Lipinski definition) is 1. The molecule has 1 aromatic heterocycles. The van der Waals surface area contributed by atoms with Crippen LogP contribution in [-0.4, -0.2) is 47.2 Å². The van der Waals surface area contributed by atoms with Crippen LogP contribution in [0.25, 0.3) is 0 Å². The summed E-state index contributed by atoms with van der Waals surface area (Å²) in [6.45, 7) is 11.4. The van der Waals surface area contributed by atoms with Crippen LogP contribution in [0.15, 0.2) is 73.1 Å². The largest absolute Gasteiger partial charge is 0.464 e. The molecule has 0 saturated heterocycles. The summed E-state index contributed by atoms with van der Waals surface area (Å²) in [5.41, 5.74) is -0.905.